The zero-order valence-electron chi connectivity index (χ0n) is 12.6. The number of halogens is 3. The average Bonchev–Trinajstić information content (AvgIpc) is 3.14. The van der Waals surface area contributed by atoms with Gasteiger partial charge in [-0.25, -0.2) is 4.99 Å². The maximum absolute atomic E-state index is 12.4. The van der Waals surface area contributed by atoms with Crippen molar-refractivity contribution in [1.82, 2.24) is 10.6 Å². The summed E-state index contributed by atoms with van der Waals surface area (Å²) in [5.74, 6) is 1.49. The molecule has 0 aliphatic heterocycles. The molecule has 0 radical (unpaired) electrons. The number of guanidine groups is 1. The summed E-state index contributed by atoms with van der Waals surface area (Å²) < 4.78 is 30.2. The maximum Gasteiger partial charge on any atom is 0.387 e. The van der Waals surface area contributed by atoms with Gasteiger partial charge in [0.2, 0.25) is 0 Å². The molecule has 1 saturated carbocycles. The van der Waals surface area contributed by atoms with Gasteiger partial charge in [-0.1, -0.05) is 22.9 Å². The van der Waals surface area contributed by atoms with E-state index in [9.17, 15) is 8.78 Å². The zero-order chi connectivity index (χ0) is 16.1. The molecule has 1 aromatic carbocycles. The van der Waals surface area contributed by atoms with Crippen LogP contribution in [0.1, 0.15) is 25.8 Å². The monoisotopic (exact) mass is 375 g/mol. The standard InChI is InChI=1S/C15H20BrF2N3O/c1-3-19-15(21-12-6-9(12)2)20-8-10-7-11(16)4-5-13(10)22-14(17)18/h4-5,7,9,12,14H,3,6,8H2,1-2H3,(H2,19,20,21). The summed E-state index contributed by atoms with van der Waals surface area (Å²) in [7, 11) is 0. The minimum atomic E-state index is -2.84. The van der Waals surface area contributed by atoms with E-state index in [1.165, 1.54) is 6.07 Å². The largest absolute Gasteiger partial charge is 0.434 e. The molecule has 122 valence electrons. The zero-order valence-corrected chi connectivity index (χ0v) is 14.2. The van der Waals surface area contributed by atoms with Crippen LogP contribution in [0, 0.1) is 5.92 Å². The molecule has 1 aromatic rings. The lowest BCUT2D eigenvalue weighted by atomic mass is 10.2. The lowest BCUT2D eigenvalue weighted by Crippen LogP contribution is -2.39. The Labute approximate surface area is 137 Å². The van der Waals surface area contributed by atoms with Gasteiger partial charge < -0.3 is 15.4 Å². The van der Waals surface area contributed by atoms with Crippen molar-refractivity contribution in [2.45, 2.75) is 39.5 Å². The topological polar surface area (TPSA) is 45.7 Å². The van der Waals surface area contributed by atoms with Gasteiger partial charge in [-0.2, -0.15) is 8.78 Å². The Kier molecular flexibility index (Phi) is 5.99. The van der Waals surface area contributed by atoms with Gasteiger partial charge in [0.15, 0.2) is 5.96 Å². The number of ether oxygens (including phenoxy) is 1. The molecule has 1 aliphatic carbocycles. The normalized spacial score (nSPS) is 20.9. The van der Waals surface area contributed by atoms with Gasteiger partial charge in [0.05, 0.1) is 6.54 Å². The van der Waals surface area contributed by atoms with Gasteiger partial charge in [0, 0.05) is 22.6 Å². The van der Waals surface area contributed by atoms with E-state index >= 15 is 0 Å². The number of alkyl halides is 2. The molecule has 1 aliphatic rings. The summed E-state index contributed by atoms with van der Waals surface area (Å²) in [6.45, 7) is 2.31. The van der Waals surface area contributed by atoms with Crippen LogP contribution in [0.25, 0.3) is 0 Å². The lowest BCUT2D eigenvalue weighted by Gasteiger charge is -2.13. The molecule has 2 unspecified atom stereocenters. The molecule has 2 N–H and O–H groups in total. The predicted molar refractivity (Wildman–Crippen MR) is 86.3 cm³/mol. The van der Waals surface area contributed by atoms with Crippen molar-refractivity contribution in [3.63, 3.8) is 0 Å². The molecular weight excluding hydrogens is 356 g/mol. The number of hydrogen-bond donors (Lipinski definition) is 2. The van der Waals surface area contributed by atoms with Crippen molar-refractivity contribution in [2.75, 3.05) is 6.54 Å². The molecule has 7 heteroatoms. The molecule has 0 saturated heterocycles. The number of rotatable bonds is 6. The van der Waals surface area contributed by atoms with Gasteiger partial charge in [0.1, 0.15) is 5.75 Å². The first kappa shape index (κ1) is 17.0. The predicted octanol–water partition coefficient (Wildman–Crippen LogP) is 3.51. The van der Waals surface area contributed by atoms with Crippen LogP contribution in [-0.4, -0.2) is 25.2 Å². The van der Waals surface area contributed by atoms with E-state index in [1.54, 1.807) is 12.1 Å². The van der Waals surface area contributed by atoms with Gasteiger partial charge in [-0.05, 0) is 37.5 Å². The van der Waals surface area contributed by atoms with E-state index in [0.29, 0.717) is 23.5 Å². The van der Waals surface area contributed by atoms with Crippen molar-refractivity contribution >= 4 is 21.9 Å². The summed E-state index contributed by atoms with van der Waals surface area (Å²) in [5, 5.41) is 6.48. The summed E-state index contributed by atoms with van der Waals surface area (Å²) in [5.41, 5.74) is 0.607. The third-order valence-electron chi connectivity index (χ3n) is 3.42. The van der Waals surface area contributed by atoms with Crippen LogP contribution in [0.2, 0.25) is 0 Å². The second-order valence-electron chi connectivity index (χ2n) is 5.29. The van der Waals surface area contributed by atoms with E-state index in [-0.39, 0.29) is 12.3 Å². The highest BCUT2D eigenvalue weighted by molar-refractivity contribution is 9.10. The molecule has 0 amide bonds. The molecule has 2 rings (SSSR count). The lowest BCUT2D eigenvalue weighted by molar-refractivity contribution is -0.0504. The molecule has 0 aromatic heterocycles. The number of benzene rings is 1. The average molecular weight is 376 g/mol. The van der Waals surface area contributed by atoms with E-state index in [4.69, 9.17) is 0 Å². The minimum absolute atomic E-state index is 0.151. The summed E-state index contributed by atoms with van der Waals surface area (Å²) >= 11 is 3.34. The summed E-state index contributed by atoms with van der Waals surface area (Å²) in [4.78, 5) is 4.46. The first-order valence-corrected chi connectivity index (χ1v) is 8.07. The van der Waals surface area contributed by atoms with E-state index < -0.39 is 6.61 Å². The third kappa shape index (κ3) is 5.12. The number of aliphatic imine (C=N–C) groups is 1. The number of hydrogen-bond acceptors (Lipinski definition) is 2. The Morgan fingerprint density at radius 2 is 2.23 bits per heavy atom. The second kappa shape index (κ2) is 7.76. The minimum Gasteiger partial charge on any atom is -0.434 e. The number of nitrogens with zero attached hydrogens (tertiary/aromatic N) is 1. The van der Waals surface area contributed by atoms with Crippen LogP contribution in [0.5, 0.6) is 5.75 Å². The van der Waals surface area contributed by atoms with Crippen LogP contribution < -0.4 is 15.4 Å². The van der Waals surface area contributed by atoms with Crippen LogP contribution in [0.4, 0.5) is 8.78 Å². The Morgan fingerprint density at radius 3 is 2.82 bits per heavy atom. The van der Waals surface area contributed by atoms with Crippen molar-refractivity contribution in [3.8, 4) is 5.75 Å². The summed E-state index contributed by atoms with van der Waals surface area (Å²) in [6.07, 6.45) is 1.13. The van der Waals surface area contributed by atoms with Crippen LogP contribution in [0.3, 0.4) is 0 Å². The highest BCUT2D eigenvalue weighted by Crippen LogP contribution is 2.29. The van der Waals surface area contributed by atoms with Crippen molar-refractivity contribution in [2.24, 2.45) is 10.9 Å². The van der Waals surface area contributed by atoms with Crippen LogP contribution >= 0.6 is 15.9 Å². The van der Waals surface area contributed by atoms with E-state index in [0.717, 1.165) is 17.4 Å². The van der Waals surface area contributed by atoms with E-state index in [1.807, 2.05) is 6.92 Å². The quantitative estimate of drug-likeness (QED) is 0.590. The molecule has 0 heterocycles. The van der Waals surface area contributed by atoms with Crippen LogP contribution in [0.15, 0.2) is 27.7 Å². The highest BCUT2D eigenvalue weighted by Gasteiger charge is 2.33. The number of nitrogens with one attached hydrogen (secondary N) is 2. The molecule has 0 spiro atoms. The van der Waals surface area contributed by atoms with Crippen molar-refractivity contribution in [1.29, 1.82) is 0 Å². The molecule has 4 nitrogen and oxygen atoms in total. The Bertz CT molecular complexity index is 540. The molecule has 0 bridgehead atoms. The SMILES string of the molecule is CCNC(=NCc1cc(Br)ccc1OC(F)F)NC1CC1C. The Balaban J connectivity index is 2.09. The smallest absolute Gasteiger partial charge is 0.387 e. The van der Waals surface area contributed by atoms with Gasteiger partial charge in [-0.3, -0.25) is 0 Å². The molecular formula is C15H20BrF2N3O. The van der Waals surface area contributed by atoms with Gasteiger partial charge >= 0.3 is 6.61 Å². The Hall–Kier alpha value is -1.37. The fourth-order valence-electron chi connectivity index (χ4n) is 2.07. The van der Waals surface area contributed by atoms with Gasteiger partial charge in [0.25, 0.3) is 0 Å². The highest BCUT2D eigenvalue weighted by atomic mass is 79.9. The first-order chi connectivity index (χ1) is 10.5. The molecule has 2 atom stereocenters. The summed E-state index contributed by atoms with van der Waals surface area (Å²) in [6, 6.07) is 5.37. The Morgan fingerprint density at radius 1 is 1.50 bits per heavy atom. The van der Waals surface area contributed by atoms with Crippen molar-refractivity contribution < 1.29 is 13.5 Å². The fraction of sp³-hybridized carbons (Fsp3) is 0.533. The van der Waals surface area contributed by atoms with E-state index in [2.05, 4.69) is 43.2 Å². The first-order valence-electron chi connectivity index (χ1n) is 7.27. The fourth-order valence-corrected chi connectivity index (χ4v) is 2.47. The second-order valence-corrected chi connectivity index (χ2v) is 6.21. The van der Waals surface area contributed by atoms with Gasteiger partial charge in [-0.15, -0.1) is 0 Å². The molecule has 1 fully saturated rings. The molecule has 22 heavy (non-hydrogen) atoms. The maximum atomic E-state index is 12.4. The third-order valence-corrected chi connectivity index (χ3v) is 3.92. The van der Waals surface area contributed by atoms with Crippen molar-refractivity contribution in [3.05, 3.63) is 28.2 Å². The van der Waals surface area contributed by atoms with Crippen LogP contribution in [-0.2, 0) is 6.54 Å².